The molecule has 0 saturated heterocycles. The van der Waals surface area contributed by atoms with E-state index in [9.17, 15) is 18.7 Å². The molecule has 6 heteroatoms. The number of rotatable bonds is 4. The molecule has 0 aromatic heterocycles. The maximum absolute atomic E-state index is 13.6. The Morgan fingerprint density at radius 2 is 2.00 bits per heavy atom. The monoisotopic (exact) mass is 333 g/mol. The highest BCUT2D eigenvalue weighted by atomic mass is 19.1. The minimum absolute atomic E-state index is 0.0733. The van der Waals surface area contributed by atoms with Crippen molar-refractivity contribution in [3.63, 3.8) is 0 Å². The third-order valence-electron chi connectivity index (χ3n) is 4.08. The molecule has 4 nitrogen and oxygen atoms in total. The summed E-state index contributed by atoms with van der Waals surface area (Å²) < 4.78 is 32.0. The van der Waals surface area contributed by atoms with Crippen molar-refractivity contribution >= 4 is 5.91 Å². The normalized spacial score (nSPS) is 18.4. The molecule has 1 aliphatic rings. The Labute approximate surface area is 138 Å². The van der Waals surface area contributed by atoms with Gasteiger partial charge in [-0.3, -0.25) is 4.79 Å². The SMILES string of the molecule is CC(O)(CNC(=O)C1Cc2cccc(F)c2O1)c1ccc(F)cc1. The summed E-state index contributed by atoms with van der Waals surface area (Å²) in [5, 5.41) is 13.1. The number of halogens is 2. The van der Waals surface area contributed by atoms with Crippen LogP contribution in [0.1, 0.15) is 18.1 Å². The van der Waals surface area contributed by atoms with Gasteiger partial charge >= 0.3 is 0 Å². The summed E-state index contributed by atoms with van der Waals surface area (Å²) in [5.41, 5.74) is -0.244. The largest absolute Gasteiger partial charge is 0.477 e. The van der Waals surface area contributed by atoms with Crippen LogP contribution in [0.5, 0.6) is 5.75 Å². The number of para-hydroxylation sites is 1. The number of hydrogen-bond donors (Lipinski definition) is 2. The molecule has 2 aromatic rings. The van der Waals surface area contributed by atoms with Crippen molar-refractivity contribution in [1.82, 2.24) is 5.32 Å². The fourth-order valence-corrected chi connectivity index (χ4v) is 2.66. The number of carbonyl (C=O) groups is 1. The standard InChI is InChI=1S/C18H17F2NO3/c1-18(23,12-5-7-13(19)8-6-12)10-21-17(22)15-9-11-3-2-4-14(20)16(11)24-15/h2-8,15,23H,9-10H2,1H3,(H,21,22). The van der Waals surface area contributed by atoms with Gasteiger partial charge in [-0.2, -0.15) is 0 Å². The first-order valence-electron chi connectivity index (χ1n) is 7.57. The molecule has 3 rings (SSSR count). The molecule has 2 aromatic carbocycles. The van der Waals surface area contributed by atoms with Gasteiger partial charge in [0.05, 0.1) is 6.54 Å². The topological polar surface area (TPSA) is 58.6 Å². The lowest BCUT2D eigenvalue weighted by molar-refractivity contribution is -0.128. The lowest BCUT2D eigenvalue weighted by Crippen LogP contribution is -2.44. The molecule has 1 heterocycles. The van der Waals surface area contributed by atoms with Crippen LogP contribution >= 0.6 is 0 Å². The van der Waals surface area contributed by atoms with E-state index in [1.165, 1.54) is 37.3 Å². The summed E-state index contributed by atoms with van der Waals surface area (Å²) >= 11 is 0. The molecule has 2 unspecified atom stereocenters. The van der Waals surface area contributed by atoms with E-state index in [2.05, 4.69) is 5.32 Å². The highest BCUT2D eigenvalue weighted by Gasteiger charge is 2.32. The maximum Gasteiger partial charge on any atom is 0.261 e. The minimum Gasteiger partial charge on any atom is -0.477 e. The summed E-state index contributed by atoms with van der Waals surface area (Å²) in [5.74, 6) is -1.24. The van der Waals surface area contributed by atoms with Gasteiger partial charge in [-0.05, 0) is 30.7 Å². The van der Waals surface area contributed by atoms with Crippen LogP contribution in [-0.2, 0) is 16.8 Å². The average molecular weight is 333 g/mol. The van der Waals surface area contributed by atoms with E-state index < -0.39 is 29.2 Å². The summed E-state index contributed by atoms with van der Waals surface area (Å²) in [4.78, 5) is 12.2. The zero-order valence-corrected chi connectivity index (χ0v) is 13.1. The fraction of sp³-hybridized carbons (Fsp3) is 0.278. The number of benzene rings is 2. The number of fused-ring (bicyclic) bond motifs is 1. The highest BCUT2D eigenvalue weighted by Crippen LogP contribution is 2.31. The van der Waals surface area contributed by atoms with E-state index >= 15 is 0 Å². The van der Waals surface area contributed by atoms with Crippen molar-refractivity contribution in [2.45, 2.75) is 25.0 Å². The smallest absolute Gasteiger partial charge is 0.261 e. The van der Waals surface area contributed by atoms with Crippen LogP contribution in [0, 0.1) is 11.6 Å². The van der Waals surface area contributed by atoms with Gasteiger partial charge in [0, 0.05) is 12.0 Å². The molecule has 24 heavy (non-hydrogen) atoms. The predicted molar refractivity (Wildman–Crippen MR) is 83.5 cm³/mol. The van der Waals surface area contributed by atoms with Crippen LogP contribution in [-0.4, -0.2) is 23.7 Å². The van der Waals surface area contributed by atoms with Gasteiger partial charge in [0.15, 0.2) is 17.7 Å². The van der Waals surface area contributed by atoms with Crippen molar-refractivity contribution in [2.24, 2.45) is 0 Å². The lowest BCUT2D eigenvalue weighted by Gasteiger charge is -2.25. The second-order valence-corrected chi connectivity index (χ2v) is 6.04. The molecule has 0 aliphatic carbocycles. The molecule has 0 bridgehead atoms. The molecule has 0 spiro atoms. The summed E-state index contributed by atoms with van der Waals surface area (Å²) in [6, 6.07) is 9.95. The van der Waals surface area contributed by atoms with Crippen molar-refractivity contribution in [3.8, 4) is 5.75 Å². The number of amides is 1. The molecule has 126 valence electrons. The third-order valence-corrected chi connectivity index (χ3v) is 4.08. The van der Waals surface area contributed by atoms with Crippen LogP contribution in [0.2, 0.25) is 0 Å². The predicted octanol–water partition coefficient (Wildman–Crippen LogP) is 2.29. The van der Waals surface area contributed by atoms with Gasteiger partial charge in [-0.25, -0.2) is 8.78 Å². The van der Waals surface area contributed by atoms with E-state index in [-0.39, 0.29) is 18.7 Å². The van der Waals surface area contributed by atoms with Crippen molar-refractivity contribution in [1.29, 1.82) is 0 Å². The molecule has 2 atom stereocenters. The first-order valence-corrected chi connectivity index (χ1v) is 7.57. The second-order valence-electron chi connectivity index (χ2n) is 6.04. The Morgan fingerprint density at radius 1 is 1.29 bits per heavy atom. The summed E-state index contributed by atoms with van der Waals surface area (Å²) in [6.45, 7) is 1.45. The van der Waals surface area contributed by atoms with Gasteiger partial charge in [-0.1, -0.05) is 24.3 Å². The summed E-state index contributed by atoms with van der Waals surface area (Å²) in [6.07, 6.45) is -0.557. The molecule has 1 amide bonds. The molecule has 1 aliphatic heterocycles. The van der Waals surface area contributed by atoms with Gasteiger partial charge in [0.25, 0.3) is 5.91 Å². The Hall–Kier alpha value is -2.47. The lowest BCUT2D eigenvalue weighted by atomic mass is 9.96. The van der Waals surface area contributed by atoms with E-state index in [0.29, 0.717) is 11.1 Å². The first-order chi connectivity index (χ1) is 11.4. The van der Waals surface area contributed by atoms with Crippen molar-refractivity contribution in [3.05, 3.63) is 65.2 Å². The fourth-order valence-electron chi connectivity index (χ4n) is 2.66. The molecule has 0 fully saturated rings. The molecular weight excluding hydrogens is 316 g/mol. The maximum atomic E-state index is 13.6. The number of hydrogen-bond acceptors (Lipinski definition) is 3. The molecule has 0 radical (unpaired) electrons. The number of carbonyl (C=O) groups excluding carboxylic acids is 1. The van der Waals surface area contributed by atoms with Crippen LogP contribution in [0.4, 0.5) is 8.78 Å². The minimum atomic E-state index is -1.36. The quantitative estimate of drug-likeness (QED) is 0.903. The van der Waals surface area contributed by atoms with Gasteiger partial charge in [0.2, 0.25) is 0 Å². The zero-order valence-electron chi connectivity index (χ0n) is 13.1. The van der Waals surface area contributed by atoms with Gasteiger partial charge in [-0.15, -0.1) is 0 Å². The molecule has 0 saturated carbocycles. The molecule has 2 N–H and O–H groups in total. The Balaban J connectivity index is 1.62. The van der Waals surface area contributed by atoms with Crippen LogP contribution in [0.3, 0.4) is 0 Å². The number of nitrogens with one attached hydrogen (secondary N) is 1. The third kappa shape index (κ3) is 3.23. The van der Waals surface area contributed by atoms with E-state index in [4.69, 9.17) is 4.74 Å². The summed E-state index contributed by atoms with van der Waals surface area (Å²) in [7, 11) is 0. The van der Waals surface area contributed by atoms with E-state index in [0.717, 1.165) is 0 Å². The van der Waals surface area contributed by atoms with E-state index in [1.807, 2.05) is 0 Å². The second kappa shape index (κ2) is 6.20. The Kier molecular flexibility index (Phi) is 4.24. The Morgan fingerprint density at radius 3 is 2.67 bits per heavy atom. The van der Waals surface area contributed by atoms with Gasteiger partial charge in [0.1, 0.15) is 11.4 Å². The zero-order chi connectivity index (χ0) is 17.3. The van der Waals surface area contributed by atoms with Crippen molar-refractivity contribution in [2.75, 3.05) is 6.54 Å². The van der Waals surface area contributed by atoms with E-state index in [1.54, 1.807) is 12.1 Å². The number of aliphatic hydroxyl groups is 1. The Bertz CT molecular complexity index is 759. The first kappa shape index (κ1) is 16.4. The van der Waals surface area contributed by atoms with Crippen LogP contribution in [0.15, 0.2) is 42.5 Å². The van der Waals surface area contributed by atoms with Crippen LogP contribution < -0.4 is 10.1 Å². The molecular formula is C18H17F2NO3. The highest BCUT2D eigenvalue weighted by molar-refractivity contribution is 5.82. The van der Waals surface area contributed by atoms with Crippen LogP contribution in [0.25, 0.3) is 0 Å². The van der Waals surface area contributed by atoms with Gasteiger partial charge < -0.3 is 15.2 Å². The number of ether oxygens (including phenoxy) is 1. The van der Waals surface area contributed by atoms with Crippen molar-refractivity contribution < 1.29 is 23.4 Å². The average Bonchev–Trinajstić information content (AvgIpc) is 2.99.